The average Bonchev–Trinajstić information content (AvgIpc) is 3.45. The molecule has 1 atom stereocenters. The van der Waals surface area contributed by atoms with Crippen molar-refractivity contribution >= 4 is 33.6 Å². The molecule has 2 heterocycles. The van der Waals surface area contributed by atoms with Crippen LogP contribution in [0.4, 0.5) is 10.5 Å². The Morgan fingerprint density at radius 2 is 1.71 bits per heavy atom. The fraction of sp³-hybridized carbons (Fsp3) is 0.762. The first kappa shape index (κ1) is 25.2. The Bertz CT molecular complexity index is 1050. The summed E-state index contributed by atoms with van der Waals surface area (Å²) >= 11 is 6.23. The summed E-state index contributed by atoms with van der Waals surface area (Å²) in [5, 5.41) is 14.1. The summed E-state index contributed by atoms with van der Waals surface area (Å²) in [5.41, 5.74) is 0.131. The number of hydrogen-bond donors (Lipinski definition) is 3. The van der Waals surface area contributed by atoms with Gasteiger partial charge in [-0.2, -0.15) is 23.0 Å². The molecule has 2 saturated carbocycles. The molecular weight excluding hydrogens is 484 g/mol. The maximum atomic E-state index is 12.5. The number of aromatic nitrogens is 2. The topological polar surface area (TPSA) is 137 Å². The molecule has 1 aromatic heterocycles. The number of anilines is 1. The van der Waals surface area contributed by atoms with Crippen LogP contribution in [0, 0.1) is 0 Å². The molecule has 1 amide bonds. The van der Waals surface area contributed by atoms with Crippen LogP contribution >= 0.6 is 11.6 Å². The third-order valence-corrected chi connectivity index (χ3v) is 8.91. The summed E-state index contributed by atoms with van der Waals surface area (Å²) < 4.78 is 31.6. The molecule has 0 bridgehead atoms. The van der Waals surface area contributed by atoms with Crippen LogP contribution < -0.4 is 19.9 Å². The fourth-order valence-electron chi connectivity index (χ4n) is 5.51. The molecule has 3 N–H and O–H groups in total. The van der Waals surface area contributed by atoms with Crippen molar-refractivity contribution in [3.63, 3.8) is 0 Å². The minimum absolute atomic E-state index is 0.00942. The molecule has 11 nitrogen and oxygen atoms in total. The molecule has 1 aromatic rings. The highest BCUT2D eigenvalue weighted by molar-refractivity contribution is 7.87. The second-order valence-corrected chi connectivity index (χ2v) is 11.4. The quantitative estimate of drug-likeness (QED) is 0.501. The van der Waals surface area contributed by atoms with Gasteiger partial charge in [-0.15, -0.1) is 0 Å². The monoisotopic (exact) mass is 516 g/mol. The fourth-order valence-corrected chi connectivity index (χ4v) is 7.22. The van der Waals surface area contributed by atoms with E-state index < -0.39 is 16.3 Å². The number of hydrogen-bond acceptors (Lipinski definition) is 6. The standard InChI is InChI=1S/C21H33ClN6O5S/c1-26-20(29)19(22)18(12-23-26)27-11-10-17(13-27)28(21(30)31)16-8-6-15(7-9-16)25-34(32,33)24-14-4-2-3-5-14/h12,14-17,24-25H,2-11,13H2,1H3,(H,30,31)/t15-,16-,17?. The van der Waals surface area contributed by atoms with E-state index in [0.29, 0.717) is 50.9 Å². The van der Waals surface area contributed by atoms with Crippen LogP contribution in [-0.2, 0) is 17.3 Å². The van der Waals surface area contributed by atoms with Crippen LogP contribution in [-0.4, -0.2) is 71.6 Å². The van der Waals surface area contributed by atoms with Gasteiger partial charge in [-0.3, -0.25) is 4.79 Å². The molecule has 0 aromatic carbocycles. The minimum atomic E-state index is -3.57. The Balaban J connectivity index is 1.34. The summed E-state index contributed by atoms with van der Waals surface area (Å²) in [6.45, 7) is 1.00. The SMILES string of the molecule is Cn1ncc(N2CCC(N(C(=O)O)[C@H]3CC[C@H](NS(=O)(=O)NC4CCCC4)CC3)C2)c(Cl)c1=O. The lowest BCUT2D eigenvalue weighted by atomic mass is 9.90. The van der Waals surface area contributed by atoms with E-state index in [4.69, 9.17) is 11.6 Å². The van der Waals surface area contributed by atoms with Crippen molar-refractivity contribution in [1.82, 2.24) is 24.1 Å². The zero-order valence-electron chi connectivity index (χ0n) is 19.3. The van der Waals surface area contributed by atoms with Gasteiger partial charge in [0.2, 0.25) is 0 Å². The number of carboxylic acid groups (broad SMARTS) is 1. The molecular formula is C21H33ClN6O5S. The normalized spacial score (nSPS) is 26.2. The van der Waals surface area contributed by atoms with E-state index >= 15 is 0 Å². The van der Waals surface area contributed by atoms with Crippen LogP contribution in [0.3, 0.4) is 0 Å². The van der Waals surface area contributed by atoms with Gasteiger partial charge in [0.25, 0.3) is 15.8 Å². The summed E-state index contributed by atoms with van der Waals surface area (Å²) in [4.78, 5) is 27.7. The van der Waals surface area contributed by atoms with Crippen LogP contribution in [0.15, 0.2) is 11.0 Å². The number of amides is 1. The highest BCUT2D eigenvalue weighted by Crippen LogP contribution is 2.31. The average molecular weight is 517 g/mol. The van der Waals surface area contributed by atoms with E-state index in [-0.39, 0.29) is 34.7 Å². The Hall–Kier alpha value is -1.89. The smallest absolute Gasteiger partial charge is 0.407 e. The predicted molar refractivity (Wildman–Crippen MR) is 128 cm³/mol. The first-order valence-electron chi connectivity index (χ1n) is 11.9. The maximum Gasteiger partial charge on any atom is 0.407 e. The van der Waals surface area contributed by atoms with Crippen molar-refractivity contribution in [1.29, 1.82) is 0 Å². The number of nitrogens with zero attached hydrogens (tertiary/aromatic N) is 4. The van der Waals surface area contributed by atoms with E-state index in [0.717, 1.165) is 25.7 Å². The lowest BCUT2D eigenvalue weighted by Gasteiger charge is -2.38. The van der Waals surface area contributed by atoms with Gasteiger partial charge < -0.3 is 14.9 Å². The number of nitrogens with one attached hydrogen (secondary N) is 2. The Labute approximate surface area is 204 Å². The number of aryl methyl sites for hydroxylation is 1. The van der Waals surface area contributed by atoms with Crippen molar-refractivity contribution in [2.24, 2.45) is 7.05 Å². The van der Waals surface area contributed by atoms with Crippen molar-refractivity contribution in [2.75, 3.05) is 18.0 Å². The molecule has 2 aliphatic carbocycles. The van der Waals surface area contributed by atoms with Gasteiger partial charge in [0.15, 0.2) is 0 Å². The molecule has 34 heavy (non-hydrogen) atoms. The van der Waals surface area contributed by atoms with Crippen LogP contribution in [0.5, 0.6) is 0 Å². The van der Waals surface area contributed by atoms with Gasteiger partial charge in [0, 0.05) is 38.3 Å². The molecule has 3 fully saturated rings. The summed E-state index contributed by atoms with van der Waals surface area (Å²) in [7, 11) is -2.04. The Morgan fingerprint density at radius 1 is 1.09 bits per heavy atom. The van der Waals surface area contributed by atoms with Crippen molar-refractivity contribution in [3.05, 3.63) is 21.6 Å². The van der Waals surface area contributed by atoms with Crippen molar-refractivity contribution in [2.45, 2.75) is 82.0 Å². The highest BCUT2D eigenvalue weighted by atomic mass is 35.5. The zero-order valence-corrected chi connectivity index (χ0v) is 20.9. The zero-order chi connectivity index (χ0) is 24.5. The van der Waals surface area contributed by atoms with E-state index in [1.165, 1.54) is 22.8 Å². The van der Waals surface area contributed by atoms with Crippen molar-refractivity contribution < 1.29 is 18.3 Å². The van der Waals surface area contributed by atoms with Gasteiger partial charge >= 0.3 is 6.09 Å². The third-order valence-electron chi connectivity index (χ3n) is 7.27. The number of rotatable bonds is 7. The summed E-state index contributed by atoms with van der Waals surface area (Å²) in [5.74, 6) is 0. The molecule has 1 aliphatic heterocycles. The second kappa shape index (κ2) is 10.4. The highest BCUT2D eigenvalue weighted by Gasteiger charge is 2.38. The van der Waals surface area contributed by atoms with Gasteiger partial charge in [-0.05, 0) is 44.9 Å². The summed E-state index contributed by atoms with van der Waals surface area (Å²) in [6, 6.07) is -0.602. The molecule has 1 saturated heterocycles. The first-order valence-corrected chi connectivity index (χ1v) is 13.8. The first-order chi connectivity index (χ1) is 16.1. The summed E-state index contributed by atoms with van der Waals surface area (Å²) in [6.07, 6.45) is 7.37. The largest absolute Gasteiger partial charge is 0.465 e. The maximum absolute atomic E-state index is 12.5. The Morgan fingerprint density at radius 3 is 2.32 bits per heavy atom. The third kappa shape index (κ3) is 5.67. The predicted octanol–water partition coefficient (Wildman–Crippen LogP) is 1.67. The van der Waals surface area contributed by atoms with Crippen LogP contribution in [0.25, 0.3) is 0 Å². The molecule has 190 valence electrons. The molecule has 1 unspecified atom stereocenters. The van der Waals surface area contributed by atoms with Crippen LogP contribution in [0.2, 0.25) is 5.02 Å². The van der Waals surface area contributed by atoms with E-state index in [9.17, 15) is 23.1 Å². The molecule has 0 spiro atoms. The molecule has 3 aliphatic rings. The van der Waals surface area contributed by atoms with Gasteiger partial charge in [-0.25, -0.2) is 9.48 Å². The van der Waals surface area contributed by atoms with Gasteiger partial charge in [0.1, 0.15) is 5.02 Å². The number of carbonyl (C=O) groups is 1. The lowest BCUT2D eigenvalue weighted by molar-refractivity contribution is 0.0859. The van der Waals surface area contributed by atoms with Gasteiger partial charge in [0.05, 0.1) is 17.9 Å². The van der Waals surface area contributed by atoms with E-state index in [2.05, 4.69) is 14.5 Å². The molecule has 4 rings (SSSR count). The number of halogens is 1. The molecule has 13 heteroatoms. The Kier molecular flexibility index (Phi) is 7.70. The second-order valence-electron chi connectivity index (χ2n) is 9.58. The van der Waals surface area contributed by atoms with E-state index in [1.807, 2.05) is 4.90 Å². The lowest BCUT2D eigenvalue weighted by Crippen LogP contribution is -2.52. The van der Waals surface area contributed by atoms with Crippen LogP contribution in [0.1, 0.15) is 57.8 Å². The van der Waals surface area contributed by atoms with Crippen molar-refractivity contribution in [3.8, 4) is 0 Å². The molecule has 0 radical (unpaired) electrons. The van der Waals surface area contributed by atoms with E-state index in [1.54, 1.807) is 0 Å². The van der Waals surface area contributed by atoms with Gasteiger partial charge in [-0.1, -0.05) is 24.4 Å². The minimum Gasteiger partial charge on any atom is -0.465 e.